The van der Waals surface area contributed by atoms with Crippen molar-refractivity contribution in [1.29, 1.82) is 0 Å². The molecule has 2 aliphatic heterocycles. The number of likely N-dealkylation sites (tertiary alicyclic amines) is 1. The van der Waals surface area contributed by atoms with E-state index in [4.69, 9.17) is 10.5 Å². The second-order valence-corrected chi connectivity index (χ2v) is 6.90. The zero-order valence-corrected chi connectivity index (χ0v) is 12.2. The van der Waals surface area contributed by atoms with Crippen molar-refractivity contribution in [2.45, 2.75) is 57.9 Å². The Bertz CT molecular complexity index is 257. The molecule has 2 heterocycles. The Morgan fingerprint density at radius 3 is 2.61 bits per heavy atom. The van der Waals surface area contributed by atoms with Gasteiger partial charge in [0.2, 0.25) is 0 Å². The molecular weight excluding hydrogens is 224 g/mol. The lowest BCUT2D eigenvalue weighted by molar-refractivity contribution is 0.0674. The van der Waals surface area contributed by atoms with Crippen molar-refractivity contribution in [3.63, 3.8) is 0 Å². The Labute approximate surface area is 112 Å². The van der Waals surface area contributed by atoms with E-state index < -0.39 is 0 Å². The van der Waals surface area contributed by atoms with Crippen LogP contribution in [0.4, 0.5) is 0 Å². The summed E-state index contributed by atoms with van der Waals surface area (Å²) in [5.41, 5.74) is 6.88. The highest BCUT2D eigenvalue weighted by atomic mass is 16.5. The maximum atomic E-state index is 6.16. The van der Waals surface area contributed by atoms with E-state index in [0.717, 1.165) is 32.6 Å². The lowest BCUT2D eigenvalue weighted by Gasteiger charge is -2.42. The molecule has 3 heteroatoms. The highest BCUT2D eigenvalue weighted by Gasteiger charge is 2.37. The SMILES string of the molecule is CC1(C)CCCN(C2(CN)CCCOCC2)CC1. The first-order chi connectivity index (χ1) is 8.58. The van der Waals surface area contributed by atoms with Crippen molar-refractivity contribution in [3.8, 4) is 0 Å². The Kier molecular flexibility index (Phi) is 4.68. The Balaban J connectivity index is 2.06. The van der Waals surface area contributed by atoms with Gasteiger partial charge in [0.25, 0.3) is 0 Å². The van der Waals surface area contributed by atoms with E-state index >= 15 is 0 Å². The molecule has 1 atom stereocenters. The summed E-state index contributed by atoms with van der Waals surface area (Å²) >= 11 is 0. The van der Waals surface area contributed by atoms with Gasteiger partial charge in [0.05, 0.1) is 0 Å². The quantitative estimate of drug-likeness (QED) is 0.822. The number of hydrogen-bond acceptors (Lipinski definition) is 3. The minimum Gasteiger partial charge on any atom is -0.381 e. The number of hydrogen-bond donors (Lipinski definition) is 1. The molecule has 0 aliphatic carbocycles. The molecule has 2 saturated heterocycles. The van der Waals surface area contributed by atoms with Crippen molar-refractivity contribution >= 4 is 0 Å². The fourth-order valence-electron chi connectivity index (χ4n) is 3.54. The maximum Gasteiger partial charge on any atom is 0.0484 e. The monoisotopic (exact) mass is 254 g/mol. The van der Waals surface area contributed by atoms with E-state index in [-0.39, 0.29) is 5.54 Å². The van der Waals surface area contributed by atoms with Crippen LogP contribution in [0, 0.1) is 5.41 Å². The lowest BCUT2D eigenvalue weighted by atomic mass is 9.85. The van der Waals surface area contributed by atoms with Crippen molar-refractivity contribution in [1.82, 2.24) is 4.90 Å². The van der Waals surface area contributed by atoms with Crippen LogP contribution in [0.25, 0.3) is 0 Å². The van der Waals surface area contributed by atoms with Gasteiger partial charge in [0.15, 0.2) is 0 Å². The standard InChI is InChI=1S/C15H30N2O/c1-14(2)5-3-9-17(10-7-14)15(13-16)6-4-11-18-12-8-15/h3-13,16H2,1-2H3. The molecule has 0 aromatic heterocycles. The van der Waals surface area contributed by atoms with Crippen LogP contribution in [0.5, 0.6) is 0 Å². The van der Waals surface area contributed by atoms with E-state index in [9.17, 15) is 0 Å². The van der Waals surface area contributed by atoms with Crippen LogP contribution < -0.4 is 5.73 Å². The highest BCUT2D eigenvalue weighted by Crippen LogP contribution is 2.35. The van der Waals surface area contributed by atoms with Crippen LogP contribution in [0.1, 0.15) is 52.4 Å². The fourth-order valence-corrected chi connectivity index (χ4v) is 3.54. The molecule has 0 aromatic rings. The minimum absolute atomic E-state index is 0.219. The van der Waals surface area contributed by atoms with Crippen LogP contribution in [-0.2, 0) is 4.74 Å². The van der Waals surface area contributed by atoms with Crippen molar-refractivity contribution in [2.75, 3.05) is 32.8 Å². The first-order valence-corrected chi connectivity index (χ1v) is 7.61. The highest BCUT2D eigenvalue weighted by molar-refractivity contribution is 4.94. The Morgan fingerprint density at radius 2 is 1.83 bits per heavy atom. The molecule has 18 heavy (non-hydrogen) atoms. The summed E-state index contributed by atoms with van der Waals surface area (Å²) in [5.74, 6) is 0. The summed E-state index contributed by atoms with van der Waals surface area (Å²) < 4.78 is 5.63. The molecule has 0 saturated carbocycles. The molecular formula is C15H30N2O. The van der Waals surface area contributed by atoms with Gasteiger partial charge < -0.3 is 10.5 Å². The molecule has 0 bridgehead atoms. The number of nitrogens with two attached hydrogens (primary N) is 1. The third kappa shape index (κ3) is 3.25. The van der Waals surface area contributed by atoms with Gasteiger partial charge in [-0.1, -0.05) is 13.8 Å². The largest absolute Gasteiger partial charge is 0.381 e. The molecule has 0 aromatic carbocycles. The van der Waals surface area contributed by atoms with Gasteiger partial charge in [0.1, 0.15) is 0 Å². The molecule has 0 amide bonds. The van der Waals surface area contributed by atoms with E-state index in [1.807, 2.05) is 0 Å². The average molecular weight is 254 g/mol. The summed E-state index contributed by atoms with van der Waals surface area (Å²) in [6, 6.07) is 0. The first-order valence-electron chi connectivity index (χ1n) is 7.61. The van der Waals surface area contributed by atoms with Crippen LogP contribution >= 0.6 is 0 Å². The number of ether oxygens (including phenoxy) is 1. The van der Waals surface area contributed by atoms with E-state index in [1.54, 1.807) is 0 Å². The predicted octanol–water partition coefficient (Wildman–Crippen LogP) is 2.40. The van der Waals surface area contributed by atoms with Crippen LogP contribution in [0.3, 0.4) is 0 Å². The Hall–Kier alpha value is -0.120. The summed E-state index contributed by atoms with van der Waals surface area (Å²) in [4.78, 5) is 2.69. The zero-order valence-electron chi connectivity index (χ0n) is 12.2. The predicted molar refractivity (Wildman–Crippen MR) is 75.7 cm³/mol. The smallest absolute Gasteiger partial charge is 0.0484 e. The second kappa shape index (κ2) is 5.89. The van der Waals surface area contributed by atoms with E-state index in [1.165, 1.54) is 38.8 Å². The molecule has 2 aliphatic rings. The van der Waals surface area contributed by atoms with Gasteiger partial charge in [-0.2, -0.15) is 0 Å². The molecule has 0 radical (unpaired) electrons. The molecule has 2 fully saturated rings. The van der Waals surface area contributed by atoms with Crippen molar-refractivity contribution < 1.29 is 4.74 Å². The third-order valence-electron chi connectivity index (χ3n) is 5.03. The van der Waals surface area contributed by atoms with Crippen LogP contribution in [-0.4, -0.2) is 43.3 Å². The topological polar surface area (TPSA) is 38.5 Å². The molecule has 1 unspecified atom stereocenters. The fraction of sp³-hybridized carbons (Fsp3) is 1.00. The zero-order chi connectivity index (χ0) is 13.1. The summed E-state index contributed by atoms with van der Waals surface area (Å²) in [7, 11) is 0. The minimum atomic E-state index is 0.219. The average Bonchev–Trinajstić information content (AvgIpc) is 2.68. The number of nitrogens with zero attached hydrogens (tertiary/aromatic N) is 1. The molecule has 2 rings (SSSR count). The van der Waals surface area contributed by atoms with Crippen molar-refractivity contribution in [3.05, 3.63) is 0 Å². The third-order valence-corrected chi connectivity index (χ3v) is 5.03. The summed E-state index contributed by atoms with van der Waals surface area (Å²) in [6.07, 6.45) is 7.46. The van der Waals surface area contributed by atoms with Gasteiger partial charge in [-0.3, -0.25) is 4.90 Å². The van der Waals surface area contributed by atoms with Crippen molar-refractivity contribution in [2.24, 2.45) is 11.1 Å². The van der Waals surface area contributed by atoms with E-state index in [2.05, 4.69) is 18.7 Å². The van der Waals surface area contributed by atoms with Gasteiger partial charge in [-0.15, -0.1) is 0 Å². The molecule has 0 spiro atoms. The molecule has 2 N–H and O–H groups in total. The molecule has 3 nitrogen and oxygen atoms in total. The van der Waals surface area contributed by atoms with Crippen LogP contribution in [0.2, 0.25) is 0 Å². The number of rotatable bonds is 2. The van der Waals surface area contributed by atoms with Gasteiger partial charge in [-0.25, -0.2) is 0 Å². The second-order valence-electron chi connectivity index (χ2n) is 6.90. The van der Waals surface area contributed by atoms with Gasteiger partial charge in [0, 0.05) is 25.3 Å². The van der Waals surface area contributed by atoms with E-state index in [0.29, 0.717) is 5.41 Å². The first kappa shape index (κ1) is 14.3. The van der Waals surface area contributed by atoms with Gasteiger partial charge >= 0.3 is 0 Å². The Morgan fingerprint density at radius 1 is 1.00 bits per heavy atom. The normalized spacial score (nSPS) is 34.8. The lowest BCUT2D eigenvalue weighted by Crippen LogP contribution is -2.54. The van der Waals surface area contributed by atoms with Crippen LogP contribution in [0.15, 0.2) is 0 Å². The van der Waals surface area contributed by atoms with Gasteiger partial charge in [-0.05, 0) is 57.0 Å². The summed E-state index contributed by atoms with van der Waals surface area (Å²) in [6.45, 7) is 9.84. The molecule has 106 valence electrons. The maximum absolute atomic E-state index is 6.16. The summed E-state index contributed by atoms with van der Waals surface area (Å²) in [5, 5.41) is 0.